The van der Waals surface area contributed by atoms with E-state index in [1.54, 1.807) is 0 Å². The van der Waals surface area contributed by atoms with Crippen molar-refractivity contribution >= 4 is 0 Å². The van der Waals surface area contributed by atoms with Gasteiger partial charge in [-0.25, -0.2) is 0 Å². The Labute approximate surface area is 205 Å². The summed E-state index contributed by atoms with van der Waals surface area (Å²) < 4.78 is 1.44. The molecule has 0 aliphatic rings. The second-order valence-corrected chi connectivity index (χ2v) is 10.6. The fourth-order valence-electron chi connectivity index (χ4n) is 5.15. The molecule has 2 heteroatoms. The largest absolute Gasteiger partial charge is 0.870 e. The Morgan fingerprint density at radius 2 is 0.500 bits per heavy atom. The van der Waals surface area contributed by atoms with Crippen LogP contribution in [0.5, 0.6) is 0 Å². The maximum absolute atomic E-state index is 2.36. The molecule has 0 atom stereocenters. The molecule has 0 aromatic carbocycles. The highest BCUT2D eigenvalue weighted by Crippen LogP contribution is 2.18. The van der Waals surface area contributed by atoms with E-state index in [9.17, 15) is 0 Å². The first-order chi connectivity index (χ1) is 15.2. The fraction of sp³-hybridized carbons (Fsp3) is 1.00. The lowest BCUT2D eigenvalue weighted by atomic mass is 10.0. The third-order valence-electron chi connectivity index (χ3n) is 7.44. The van der Waals surface area contributed by atoms with Crippen molar-refractivity contribution in [3.8, 4) is 0 Å². The van der Waals surface area contributed by atoms with Gasteiger partial charge in [0, 0.05) is 0 Å². The summed E-state index contributed by atoms with van der Waals surface area (Å²) in [4.78, 5) is 0. The molecule has 0 fully saturated rings. The number of hydrogen-bond acceptors (Lipinski definition) is 1. The zero-order valence-electron chi connectivity index (χ0n) is 23.3. The Bertz CT molecular complexity index is 309. The van der Waals surface area contributed by atoms with E-state index in [0.717, 1.165) is 0 Å². The van der Waals surface area contributed by atoms with Crippen LogP contribution >= 0.6 is 0 Å². The highest BCUT2D eigenvalue weighted by molar-refractivity contribution is 4.53. The van der Waals surface area contributed by atoms with E-state index in [1.807, 2.05) is 0 Å². The van der Waals surface area contributed by atoms with Gasteiger partial charge in [-0.15, -0.1) is 0 Å². The van der Waals surface area contributed by atoms with Gasteiger partial charge in [0.05, 0.1) is 26.2 Å². The average Bonchev–Trinajstić information content (AvgIpc) is 2.79. The molecule has 0 radical (unpaired) electrons. The van der Waals surface area contributed by atoms with Crippen molar-refractivity contribution in [2.45, 2.75) is 169 Å². The number of unbranched alkanes of at least 4 members (excludes halogenated alkanes) is 18. The zero-order chi connectivity index (χ0) is 22.9. The molecule has 0 saturated carbocycles. The van der Waals surface area contributed by atoms with Crippen molar-refractivity contribution in [2.24, 2.45) is 0 Å². The summed E-state index contributed by atoms with van der Waals surface area (Å²) in [6, 6.07) is 0. The Morgan fingerprint density at radius 3 is 0.781 bits per heavy atom. The third-order valence-corrected chi connectivity index (χ3v) is 7.44. The fourth-order valence-corrected chi connectivity index (χ4v) is 5.15. The average molecular weight is 456 g/mol. The van der Waals surface area contributed by atoms with E-state index in [2.05, 4.69) is 27.7 Å². The molecule has 0 amide bonds. The van der Waals surface area contributed by atoms with E-state index in [4.69, 9.17) is 0 Å². The molecule has 0 rings (SSSR count). The number of rotatable bonds is 26. The molecule has 0 aromatic rings. The second kappa shape index (κ2) is 27.2. The number of hydrogen-bond donors (Lipinski definition) is 0. The summed E-state index contributed by atoms with van der Waals surface area (Å²) in [5.41, 5.74) is 0. The van der Waals surface area contributed by atoms with Gasteiger partial charge in [0.1, 0.15) is 0 Å². The van der Waals surface area contributed by atoms with Crippen LogP contribution in [0.25, 0.3) is 0 Å². The lowest BCUT2D eigenvalue weighted by Crippen LogP contribution is -2.50. The lowest BCUT2D eigenvalue weighted by Gasteiger charge is -2.39. The van der Waals surface area contributed by atoms with Crippen LogP contribution in [-0.2, 0) is 0 Å². The van der Waals surface area contributed by atoms with E-state index < -0.39 is 0 Å². The molecule has 0 aliphatic heterocycles. The normalized spacial score (nSPS) is 11.6. The van der Waals surface area contributed by atoms with Crippen LogP contribution in [0, 0.1) is 0 Å². The summed E-state index contributed by atoms with van der Waals surface area (Å²) in [7, 11) is 0. The van der Waals surface area contributed by atoms with Crippen molar-refractivity contribution in [1.82, 2.24) is 0 Å². The van der Waals surface area contributed by atoms with Crippen molar-refractivity contribution in [3.63, 3.8) is 0 Å². The van der Waals surface area contributed by atoms with Crippen molar-refractivity contribution in [3.05, 3.63) is 0 Å². The van der Waals surface area contributed by atoms with Crippen LogP contribution in [0.3, 0.4) is 0 Å². The van der Waals surface area contributed by atoms with Gasteiger partial charge in [0.15, 0.2) is 0 Å². The Hall–Kier alpha value is -0.0800. The summed E-state index contributed by atoms with van der Waals surface area (Å²) in [6.45, 7) is 15.2. The van der Waals surface area contributed by atoms with Gasteiger partial charge in [0.2, 0.25) is 0 Å². The molecule has 0 saturated heterocycles. The Balaban J connectivity index is 0. The maximum Gasteiger partial charge on any atom is 0.0786 e. The van der Waals surface area contributed by atoms with E-state index in [-0.39, 0.29) is 5.48 Å². The third kappa shape index (κ3) is 21.7. The molecule has 2 nitrogen and oxygen atoms in total. The minimum atomic E-state index is 0. The summed E-state index contributed by atoms with van der Waals surface area (Å²) in [5, 5.41) is 0. The molecule has 0 unspecified atom stereocenters. The predicted molar refractivity (Wildman–Crippen MR) is 146 cm³/mol. The van der Waals surface area contributed by atoms with Gasteiger partial charge in [0.25, 0.3) is 0 Å². The number of quaternary nitrogens is 1. The summed E-state index contributed by atoms with van der Waals surface area (Å²) >= 11 is 0. The molecule has 0 aromatic heterocycles. The van der Waals surface area contributed by atoms with Crippen LogP contribution in [0.4, 0.5) is 0 Å². The summed E-state index contributed by atoms with van der Waals surface area (Å²) in [5.74, 6) is 0. The highest BCUT2D eigenvalue weighted by atomic mass is 16.0. The smallest absolute Gasteiger partial charge is 0.0786 e. The van der Waals surface area contributed by atoms with Gasteiger partial charge in [-0.2, -0.15) is 0 Å². The maximum atomic E-state index is 2.36. The first kappa shape index (κ1) is 34.1. The molecular weight excluding hydrogens is 390 g/mol. The first-order valence-electron chi connectivity index (χ1n) is 15.1. The molecule has 32 heavy (non-hydrogen) atoms. The van der Waals surface area contributed by atoms with Gasteiger partial charge in [-0.3, -0.25) is 0 Å². The highest BCUT2D eigenvalue weighted by Gasteiger charge is 2.24. The number of nitrogens with zero attached hydrogens (tertiary/aromatic N) is 1. The zero-order valence-corrected chi connectivity index (χ0v) is 23.3. The van der Waals surface area contributed by atoms with Crippen LogP contribution in [0.2, 0.25) is 0 Å². The van der Waals surface area contributed by atoms with Crippen molar-refractivity contribution < 1.29 is 9.96 Å². The van der Waals surface area contributed by atoms with Gasteiger partial charge < -0.3 is 9.96 Å². The first-order valence-corrected chi connectivity index (χ1v) is 15.1. The van der Waals surface area contributed by atoms with Crippen molar-refractivity contribution in [2.75, 3.05) is 26.2 Å². The summed E-state index contributed by atoms with van der Waals surface area (Å²) in [6.07, 6.45) is 31.9. The molecule has 0 heterocycles. The van der Waals surface area contributed by atoms with Crippen LogP contribution < -0.4 is 0 Å². The minimum absolute atomic E-state index is 0. The molecule has 1 N–H and O–H groups in total. The topological polar surface area (TPSA) is 30.0 Å². The van der Waals surface area contributed by atoms with Crippen molar-refractivity contribution in [1.29, 1.82) is 0 Å². The molecular formula is C30H65NO. The molecule has 0 aliphatic carbocycles. The molecule has 0 spiro atoms. The Morgan fingerprint density at radius 1 is 0.281 bits per heavy atom. The van der Waals surface area contributed by atoms with E-state index in [0.29, 0.717) is 0 Å². The quantitative estimate of drug-likeness (QED) is 0.0941. The SMILES string of the molecule is CCCCCCCCCCCCCCCCCC[N+](CCCC)(CCCC)CCCC.[OH-]. The van der Waals surface area contributed by atoms with E-state index >= 15 is 0 Å². The predicted octanol–water partition coefficient (Wildman–Crippen LogP) is 10.3. The van der Waals surface area contributed by atoms with E-state index in [1.165, 1.54) is 172 Å². The van der Waals surface area contributed by atoms with Gasteiger partial charge >= 0.3 is 0 Å². The monoisotopic (exact) mass is 456 g/mol. The van der Waals surface area contributed by atoms with Crippen LogP contribution in [-0.4, -0.2) is 36.1 Å². The standard InChI is InChI=1S/C30H64N.H2O/c1-5-9-13-14-15-16-17-18-19-20-21-22-23-24-25-26-30-31(27-10-6-2,28-11-7-3)29-12-8-4;/h5-30H2,1-4H3;1H2/q+1;/p-1. The van der Waals surface area contributed by atoms with Gasteiger partial charge in [-0.1, -0.05) is 137 Å². The minimum Gasteiger partial charge on any atom is -0.870 e. The van der Waals surface area contributed by atoms with Crippen LogP contribution in [0.15, 0.2) is 0 Å². The lowest BCUT2D eigenvalue weighted by molar-refractivity contribution is -0.929. The molecule has 196 valence electrons. The van der Waals surface area contributed by atoms with Crippen LogP contribution in [0.1, 0.15) is 169 Å². The Kier molecular flexibility index (Phi) is 28.9. The second-order valence-electron chi connectivity index (χ2n) is 10.6. The van der Waals surface area contributed by atoms with Gasteiger partial charge in [-0.05, 0) is 32.1 Å². The molecule has 0 bridgehead atoms.